The Morgan fingerprint density at radius 2 is 2.50 bits per heavy atom. The van der Waals surface area contributed by atoms with Crippen molar-refractivity contribution < 1.29 is 9.90 Å². The van der Waals surface area contributed by atoms with Crippen LogP contribution >= 0.6 is 0 Å². The number of aryl methyl sites for hydroxylation is 1. The fourth-order valence-corrected chi connectivity index (χ4v) is 0.673. The molecule has 0 aliphatic heterocycles. The molecule has 5 heteroatoms. The van der Waals surface area contributed by atoms with Crippen LogP contribution in [-0.2, 0) is 7.05 Å². The molecule has 0 amide bonds. The topological polar surface area (TPSA) is 81.1 Å². The summed E-state index contributed by atoms with van der Waals surface area (Å²) >= 11 is 0. The summed E-state index contributed by atoms with van der Waals surface area (Å²) in [5.41, 5.74) is 5.37. The molecule has 0 aliphatic carbocycles. The molecule has 5 nitrogen and oxygen atoms in total. The van der Waals surface area contributed by atoms with Crippen molar-refractivity contribution in [1.82, 2.24) is 9.78 Å². The van der Waals surface area contributed by atoms with Gasteiger partial charge in [0.05, 0.1) is 5.69 Å². The fourth-order valence-electron chi connectivity index (χ4n) is 0.673. The highest BCUT2D eigenvalue weighted by Crippen LogP contribution is 2.06. The second-order valence-corrected chi connectivity index (χ2v) is 1.91. The number of anilines is 1. The Bertz CT molecular complexity index is 266. The molecule has 0 fully saturated rings. The highest BCUT2D eigenvalue weighted by molar-refractivity contribution is 5.90. The normalized spacial score (nSPS) is 9.70. The lowest BCUT2D eigenvalue weighted by atomic mass is 10.4. The first-order valence-electron chi connectivity index (χ1n) is 2.63. The molecule has 1 aromatic rings. The quantitative estimate of drug-likeness (QED) is 0.562. The number of carboxylic acids is 1. The van der Waals surface area contributed by atoms with Gasteiger partial charge in [-0.3, -0.25) is 4.68 Å². The number of nitrogen functional groups attached to an aromatic ring is 1. The third-order valence-electron chi connectivity index (χ3n) is 1.06. The molecule has 10 heavy (non-hydrogen) atoms. The number of aromatic carboxylic acids is 1. The molecule has 1 heterocycles. The van der Waals surface area contributed by atoms with Crippen LogP contribution in [0.25, 0.3) is 0 Å². The molecule has 0 bridgehead atoms. The summed E-state index contributed by atoms with van der Waals surface area (Å²) in [6, 6.07) is 0. The van der Waals surface area contributed by atoms with Gasteiger partial charge in [0.15, 0.2) is 5.69 Å². The SMILES string of the molecule is Cn1cc(N)c(C(=O)O)n1. The van der Waals surface area contributed by atoms with Crippen molar-refractivity contribution in [3.05, 3.63) is 11.9 Å². The molecule has 0 aromatic carbocycles. The first-order valence-corrected chi connectivity index (χ1v) is 2.63. The smallest absolute Gasteiger partial charge is 0.358 e. The standard InChI is InChI=1S/C5H7N3O2/c1-8-2-3(6)4(7-8)5(9)10/h2H,6H2,1H3,(H,9,10). The lowest BCUT2D eigenvalue weighted by Gasteiger charge is -1.85. The van der Waals surface area contributed by atoms with Crippen LogP contribution in [0.3, 0.4) is 0 Å². The second-order valence-electron chi connectivity index (χ2n) is 1.91. The predicted molar refractivity (Wildman–Crippen MR) is 34.6 cm³/mol. The van der Waals surface area contributed by atoms with Crippen LogP contribution in [0.5, 0.6) is 0 Å². The van der Waals surface area contributed by atoms with Gasteiger partial charge in [-0.05, 0) is 0 Å². The molecule has 0 unspecified atom stereocenters. The molecule has 0 saturated carbocycles. The molecule has 0 atom stereocenters. The Kier molecular flexibility index (Phi) is 1.33. The lowest BCUT2D eigenvalue weighted by Crippen LogP contribution is -2.01. The van der Waals surface area contributed by atoms with Gasteiger partial charge in [-0.1, -0.05) is 0 Å². The maximum absolute atomic E-state index is 10.3. The van der Waals surface area contributed by atoms with Gasteiger partial charge in [-0.15, -0.1) is 0 Å². The molecule has 1 aromatic heterocycles. The number of aromatic nitrogens is 2. The van der Waals surface area contributed by atoms with E-state index in [0.717, 1.165) is 0 Å². The van der Waals surface area contributed by atoms with E-state index in [0.29, 0.717) is 0 Å². The van der Waals surface area contributed by atoms with Crippen molar-refractivity contribution in [3.8, 4) is 0 Å². The first kappa shape index (κ1) is 6.60. The van der Waals surface area contributed by atoms with Gasteiger partial charge < -0.3 is 10.8 Å². The van der Waals surface area contributed by atoms with Crippen molar-refractivity contribution >= 4 is 11.7 Å². The van der Waals surface area contributed by atoms with Crippen molar-refractivity contribution in [2.75, 3.05) is 5.73 Å². The summed E-state index contributed by atoms with van der Waals surface area (Å²) in [5, 5.41) is 12.0. The minimum Gasteiger partial charge on any atom is -0.476 e. The van der Waals surface area contributed by atoms with Gasteiger partial charge in [0.2, 0.25) is 0 Å². The van der Waals surface area contributed by atoms with Gasteiger partial charge in [-0.2, -0.15) is 5.10 Å². The molecule has 1 rings (SSSR count). The third kappa shape index (κ3) is 0.928. The van der Waals surface area contributed by atoms with E-state index in [1.165, 1.54) is 10.9 Å². The van der Waals surface area contributed by atoms with Crippen molar-refractivity contribution in [2.24, 2.45) is 7.05 Å². The molecule has 0 aliphatic rings. The third-order valence-corrected chi connectivity index (χ3v) is 1.06. The number of rotatable bonds is 1. The van der Waals surface area contributed by atoms with E-state index >= 15 is 0 Å². The summed E-state index contributed by atoms with van der Waals surface area (Å²) < 4.78 is 1.36. The Labute approximate surface area is 57.1 Å². The van der Waals surface area contributed by atoms with E-state index in [9.17, 15) is 4.79 Å². The molecule has 0 saturated heterocycles. The van der Waals surface area contributed by atoms with Crippen molar-refractivity contribution in [2.45, 2.75) is 0 Å². The minimum absolute atomic E-state index is 0.0949. The fraction of sp³-hybridized carbons (Fsp3) is 0.200. The largest absolute Gasteiger partial charge is 0.476 e. The number of nitrogens with two attached hydrogens (primary N) is 1. The Hall–Kier alpha value is -1.52. The highest BCUT2D eigenvalue weighted by Gasteiger charge is 2.10. The van der Waals surface area contributed by atoms with E-state index in [2.05, 4.69) is 5.10 Å². The van der Waals surface area contributed by atoms with Crippen LogP contribution in [0.2, 0.25) is 0 Å². The average molecular weight is 141 g/mol. The zero-order chi connectivity index (χ0) is 7.72. The second kappa shape index (κ2) is 2.02. The minimum atomic E-state index is -1.10. The monoisotopic (exact) mass is 141 g/mol. The van der Waals surface area contributed by atoms with Gasteiger partial charge in [0.25, 0.3) is 0 Å². The van der Waals surface area contributed by atoms with Crippen LogP contribution < -0.4 is 5.73 Å². The van der Waals surface area contributed by atoms with E-state index in [1.807, 2.05) is 0 Å². The van der Waals surface area contributed by atoms with Crippen LogP contribution in [0.15, 0.2) is 6.20 Å². The average Bonchev–Trinajstić information content (AvgIpc) is 2.10. The summed E-state index contributed by atoms with van der Waals surface area (Å²) in [4.78, 5) is 10.3. The molecule has 3 N–H and O–H groups in total. The Balaban J connectivity index is 3.15. The molecular weight excluding hydrogens is 134 g/mol. The van der Waals surface area contributed by atoms with E-state index in [4.69, 9.17) is 10.8 Å². The maximum atomic E-state index is 10.3. The van der Waals surface area contributed by atoms with Crippen LogP contribution in [-0.4, -0.2) is 20.9 Å². The number of hydrogen-bond donors (Lipinski definition) is 2. The van der Waals surface area contributed by atoms with Gasteiger partial charge in [0.1, 0.15) is 0 Å². The summed E-state index contributed by atoms with van der Waals surface area (Å²) in [5.74, 6) is -1.10. The summed E-state index contributed by atoms with van der Waals surface area (Å²) in [7, 11) is 1.61. The van der Waals surface area contributed by atoms with Crippen molar-refractivity contribution in [1.29, 1.82) is 0 Å². The predicted octanol–water partition coefficient (Wildman–Crippen LogP) is -0.300. The molecular formula is C5H7N3O2. The number of nitrogens with zero attached hydrogens (tertiary/aromatic N) is 2. The zero-order valence-corrected chi connectivity index (χ0v) is 5.40. The Morgan fingerprint density at radius 3 is 2.70 bits per heavy atom. The lowest BCUT2D eigenvalue weighted by molar-refractivity contribution is 0.0691. The van der Waals surface area contributed by atoms with Crippen LogP contribution in [0.1, 0.15) is 10.5 Å². The number of hydrogen-bond acceptors (Lipinski definition) is 3. The van der Waals surface area contributed by atoms with Crippen LogP contribution in [0.4, 0.5) is 5.69 Å². The van der Waals surface area contributed by atoms with Gasteiger partial charge in [-0.25, -0.2) is 4.79 Å². The van der Waals surface area contributed by atoms with E-state index in [1.54, 1.807) is 7.05 Å². The zero-order valence-electron chi connectivity index (χ0n) is 5.40. The first-order chi connectivity index (χ1) is 4.61. The van der Waals surface area contributed by atoms with Crippen molar-refractivity contribution in [3.63, 3.8) is 0 Å². The highest BCUT2D eigenvalue weighted by atomic mass is 16.4. The number of carboxylic acid groups (broad SMARTS) is 1. The summed E-state index contributed by atoms with van der Waals surface area (Å²) in [6.07, 6.45) is 1.45. The van der Waals surface area contributed by atoms with Gasteiger partial charge >= 0.3 is 5.97 Å². The molecule has 54 valence electrons. The number of carbonyl (C=O) groups is 1. The molecule has 0 radical (unpaired) electrons. The Morgan fingerprint density at radius 1 is 1.90 bits per heavy atom. The van der Waals surface area contributed by atoms with E-state index < -0.39 is 5.97 Å². The summed E-state index contributed by atoms with van der Waals surface area (Å²) in [6.45, 7) is 0. The van der Waals surface area contributed by atoms with Gasteiger partial charge in [0, 0.05) is 13.2 Å². The molecule has 0 spiro atoms. The van der Waals surface area contributed by atoms with Crippen LogP contribution in [0, 0.1) is 0 Å². The maximum Gasteiger partial charge on any atom is 0.358 e. The van der Waals surface area contributed by atoms with E-state index in [-0.39, 0.29) is 11.4 Å².